The predicted molar refractivity (Wildman–Crippen MR) is 132 cm³/mol. The summed E-state index contributed by atoms with van der Waals surface area (Å²) in [6.07, 6.45) is -9.71. The van der Waals surface area contributed by atoms with Gasteiger partial charge in [0.25, 0.3) is 0 Å². The monoisotopic (exact) mass is 613 g/mol. The number of benzene rings is 2. The van der Waals surface area contributed by atoms with Crippen LogP contribution in [-0.4, -0.2) is 40.1 Å². The lowest BCUT2D eigenvalue weighted by Gasteiger charge is -2.22. The molecule has 0 saturated heterocycles. The second-order valence-corrected chi connectivity index (χ2v) is 13.1. The average Bonchev–Trinajstić information content (AvgIpc) is 2.82. The van der Waals surface area contributed by atoms with Crippen LogP contribution in [0.4, 0.5) is 36.7 Å². The normalized spacial score (nSPS) is 13.1. The standard InChI is InChI=1S/C24H22F7N3O4S2/c1-13(2)20-19(12-40(37,38)18-10-15(23(26,27)28)9-16(11-18)24(29,30)31)21(14-5-7-17(25)8-6-14)33-22(32-20)34(3)39(4,35)36/h5-11,13H,12H2,1-4H3. The second-order valence-electron chi connectivity index (χ2n) is 9.13. The number of hydrogen-bond donors (Lipinski definition) is 0. The van der Waals surface area contributed by atoms with Gasteiger partial charge in [-0.15, -0.1) is 0 Å². The first kappa shape index (κ1) is 31.3. The molecular formula is C24H22F7N3O4S2. The van der Waals surface area contributed by atoms with Gasteiger partial charge in [-0.05, 0) is 48.4 Å². The Balaban J connectivity index is 2.34. The minimum Gasteiger partial charge on any atom is -0.241 e. The van der Waals surface area contributed by atoms with Crippen molar-refractivity contribution in [2.24, 2.45) is 0 Å². The van der Waals surface area contributed by atoms with Crippen LogP contribution >= 0.6 is 0 Å². The van der Waals surface area contributed by atoms with Crippen molar-refractivity contribution in [2.45, 2.75) is 42.8 Å². The molecule has 0 spiro atoms. The van der Waals surface area contributed by atoms with Gasteiger partial charge in [-0.2, -0.15) is 26.3 Å². The summed E-state index contributed by atoms with van der Waals surface area (Å²) < 4.78 is 146. The lowest BCUT2D eigenvalue weighted by Crippen LogP contribution is -2.28. The van der Waals surface area contributed by atoms with Crippen molar-refractivity contribution >= 4 is 25.8 Å². The Morgan fingerprint density at radius 2 is 1.35 bits per heavy atom. The molecule has 0 N–H and O–H groups in total. The summed E-state index contributed by atoms with van der Waals surface area (Å²) in [6.45, 7) is 3.12. The molecule has 1 aromatic heterocycles. The van der Waals surface area contributed by atoms with Crippen LogP contribution in [0, 0.1) is 5.82 Å². The fourth-order valence-electron chi connectivity index (χ4n) is 3.62. The highest BCUT2D eigenvalue weighted by molar-refractivity contribution is 7.92. The lowest BCUT2D eigenvalue weighted by molar-refractivity contribution is -0.143. The summed E-state index contributed by atoms with van der Waals surface area (Å²) in [6, 6.07) is 4.43. The van der Waals surface area contributed by atoms with E-state index in [9.17, 15) is 47.6 Å². The van der Waals surface area contributed by atoms with E-state index in [0.717, 1.165) is 25.4 Å². The number of halogens is 7. The second kappa shape index (κ2) is 10.6. The summed E-state index contributed by atoms with van der Waals surface area (Å²) in [4.78, 5) is 7.09. The third-order valence-corrected chi connectivity index (χ3v) is 8.51. The molecule has 218 valence electrons. The predicted octanol–water partition coefficient (Wildman–Crippen LogP) is 5.81. The number of sulfone groups is 1. The van der Waals surface area contributed by atoms with Crippen molar-refractivity contribution < 1.29 is 47.6 Å². The Morgan fingerprint density at radius 1 is 0.850 bits per heavy atom. The highest BCUT2D eigenvalue weighted by Crippen LogP contribution is 2.39. The average molecular weight is 614 g/mol. The number of nitrogens with zero attached hydrogens (tertiary/aromatic N) is 3. The van der Waals surface area contributed by atoms with Gasteiger partial charge in [-0.1, -0.05) is 13.8 Å². The van der Waals surface area contributed by atoms with Crippen molar-refractivity contribution in [3.8, 4) is 11.3 Å². The largest absolute Gasteiger partial charge is 0.416 e. The molecule has 40 heavy (non-hydrogen) atoms. The van der Waals surface area contributed by atoms with Gasteiger partial charge in [0.2, 0.25) is 16.0 Å². The van der Waals surface area contributed by atoms with E-state index < -0.39 is 65.7 Å². The summed E-state index contributed by atoms with van der Waals surface area (Å²) in [5.74, 6) is -2.82. The van der Waals surface area contributed by atoms with Gasteiger partial charge in [-0.25, -0.2) is 35.5 Å². The third-order valence-electron chi connectivity index (χ3n) is 5.73. The van der Waals surface area contributed by atoms with E-state index in [4.69, 9.17) is 0 Å². The number of sulfonamides is 1. The smallest absolute Gasteiger partial charge is 0.241 e. The molecule has 7 nitrogen and oxygen atoms in total. The van der Waals surface area contributed by atoms with Gasteiger partial charge in [0.15, 0.2) is 9.84 Å². The summed E-state index contributed by atoms with van der Waals surface area (Å²) >= 11 is 0. The first-order valence-corrected chi connectivity index (χ1v) is 14.7. The van der Waals surface area contributed by atoms with E-state index in [0.29, 0.717) is 4.31 Å². The first-order valence-electron chi connectivity index (χ1n) is 11.2. The van der Waals surface area contributed by atoms with Gasteiger partial charge in [-0.3, -0.25) is 0 Å². The molecule has 0 radical (unpaired) electrons. The van der Waals surface area contributed by atoms with E-state index in [1.165, 1.54) is 12.1 Å². The van der Waals surface area contributed by atoms with Crippen molar-refractivity contribution in [3.05, 3.63) is 70.7 Å². The third kappa shape index (κ3) is 6.89. The molecule has 0 aliphatic heterocycles. The van der Waals surface area contributed by atoms with Gasteiger partial charge in [0, 0.05) is 18.2 Å². The van der Waals surface area contributed by atoms with Crippen LogP contribution in [0.15, 0.2) is 47.4 Å². The van der Waals surface area contributed by atoms with Gasteiger partial charge in [0.1, 0.15) is 5.82 Å². The minimum atomic E-state index is -5.28. The quantitative estimate of drug-likeness (QED) is 0.312. The van der Waals surface area contributed by atoms with E-state index in [2.05, 4.69) is 9.97 Å². The van der Waals surface area contributed by atoms with Crippen LogP contribution in [0.5, 0.6) is 0 Å². The van der Waals surface area contributed by atoms with Gasteiger partial charge in [0.05, 0.1) is 39.4 Å². The van der Waals surface area contributed by atoms with Crippen LogP contribution in [0.2, 0.25) is 0 Å². The maximum absolute atomic E-state index is 13.6. The molecule has 16 heteroatoms. The topological polar surface area (TPSA) is 97.3 Å². The molecule has 0 aliphatic rings. The number of hydrogen-bond acceptors (Lipinski definition) is 6. The highest BCUT2D eigenvalue weighted by Gasteiger charge is 2.38. The van der Waals surface area contributed by atoms with Crippen molar-refractivity contribution in [2.75, 3.05) is 17.6 Å². The van der Waals surface area contributed by atoms with Gasteiger partial charge < -0.3 is 0 Å². The van der Waals surface area contributed by atoms with Crippen molar-refractivity contribution in [3.63, 3.8) is 0 Å². The molecule has 1 heterocycles. The Bertz CT molecular complexity index is 1600. The molecule has 3 rings (SSSR count). The molecular weight excluding hydrogens is 591 g/mol. The van der Waals surface area contributed by atoms with E-state index in [-0.39, 0.29) is 46.7 Å². The van der Waals surface area contributed by atoms with Crippen LogP contribution < -0.4 is 4.31 Å². The number of alkyl halides is 6. The number of rotatable bonds is 7. The fraction of sp³-hybridized carbons (Fsp3) is 0.333. The first-order chi connectivity index (χ1) is 18.1. The molecule has 0 bridgehead atoms. The molecule has 0 fully saturated rings. The van der Waals surface area contributed by atoms with Crippen LogP contribution in [-0.2, 0) is 38.0 Å². The Morgan fingerprint density at radius 3 is 1.77 bits per heavy atom. The van der Waals surface area contributed by atoms with E-state index in [1.807, 2.05) is 0 Å². The highest BCUT2D eigenvalue weighted by atomic mass is 32.2. The fourth-order valence-corrected chi connectivity index (χ4v) is 5.45. The molecule has 0 atom stereocenters. The van der Waals surface area contributed by atoms with Crippen LogP contribution in [0.1, 0.15) is 42.1 Å². The number of anilines is 1. The van der Waals surface area contributed by atoms with Gasteiger partial charge >= 0.3 is 12.4 Å². The Kier molecular flexibility index (Phi) is 8.29. The SMILES string of the molecule is CC(C)c1nc(N(C)S(C)(=O)=O)nc(-c2ccc(F)cc2)c1CS(=O)(=O)c1cc(C(F)(F)F)cc(C(F)(F)F)c1. The van der Waals surface area contributed by atoms with E-state index in [1.54, 1.807) is 13.8 Å². The number of aromatic nitrogens is 2. The minimum absolute atomic E-state index is 0.0357. The van der Waals surface area contributed by atoms with Crippen LogP contribution in [0.25, 0.3) is 11.3 Å². The van der Waals surface area contributed by atoms with E-state index >= 15 is 0 Å². The maximum Gasteiger partial charge on any atom is 0.416 e. The summed E-state index contributed by atoms with van der Waals surface area (Å²) in [5.41, 5.74) is -3.98. The van der Waals surface area contributed by atoms with Crippen molar-refractivity contribution in [1.29, 1.82) is 0 Å². The molecule has 0 aliphatic carbocycles. The Labute approximate surface area is 225 Å². The summed E-state index contributed by atoms with van der Waals surface area (Å²) in [7, 11) is -7.71. The Hall–Kier alpha value is -3.27. The molecule has 0 amide bonds. The molecule has 0 saturated carbocycles. The van der Waals surface area contributed by atoms with Crippen LogP contribution in [0.3, 0.4) is 0 Å². The molecule has 2 aromatic carbocycles. The molecule has 3 aromatic rings. The lowest BCUT2D eigenvalue weighted by atomic mass is 9.99. The molecule has 0 unspecified atom stereocenters. The zero-order chi connectivity index (χ0) is 30.4. The summed E-state index contributed by atoms with van der Waals surface area (Å²) in [5, 5.41) is 0. The maximum atomic E-state index is 13.6. The zero-order valence-corrected chi connectivity index (χ0v) is 22.9. The zero-order valence-electron chi connectivity index (χ0n) is 21.3. The van der Waals surface area contributed by atoms with Crippen molar-refractivity contribution in [1.82, 2.24) is 9.97 Å².